The molecule has 0 fully saturated rings. The van der Waals surface area contributed by atoms with E-state index in [1.54, 1.807) is 6.08 Å². The molecule has 2 aliphatic rings. The molecule has 0 N–H and O–H groups in total. The number of allylic oxidation sites excluding steroid dienone is 2. The zero-order chi connectivity index (χ0) is 25.2. The van der Waals surface area contributed by atoms with E-state index in [1.165, 1.54) is 13.8 Å². The standard InChI is InChI=1S/C30H24N2O4/c1-19(31-36-20(2)33)29(34)23-14-17-28-26(18-23)25-10-6-7-11-27(25)32(28)24-15-12-22(13-16-24)30(35)21-8-4-3-5-9-21/h3-18,26,28H,1-2H3/b31-19+. The van der Waals surface area contributed by atoms with Crippen LogP contribution in [-0.4, -0.2) is 29.3 Å². The second-order valence-corrected chi connectivity index (χ2v) is 8.76. The summed E-state index contributed by atoms with van der Waals surface area (Å²) in [6.45, 7) is 2.76. The number of nitrogens with zero attached hydrogens (tertiary/aromatic N) is 2. The van der Waals surface area contributed by atoms with Crippen LogP contribution in [0.4, 0.5) is 11.4 Å². The second kappa shape index (κ2) is 9.58. The maximum absolute atomic E-state index is 12.9. The molecule has 3 aromatic rings. The molecule has 0 radical (unpaired) electrons. The van der Waals surface area contributed by atoms with E-state index in [9.17, 15) is 14.4 Å². The highest BCUT2D eigenvalue weighted by atomic mass is 16.7. The van der Waals surface area contributed by atoms with Gasteiger partial charge in [0.2, 0.25) is 5.78 Å². The smallest absolute Gasteiger partial charge is 0.331 e. The number of carbonyl (C=O) groups excluding carboxylic acids is 3. The molecular formula is C30H24N2O4. The molecule has 2 unspecified atom stereocenters. The zero-order valence-electron chi connectivity index (χ0n) is 19.9. The van der Waals surface area contributed by atoms with Gasteiger partial charge in [0.15, 0.2) is 5.78 Å². The number of oxime groups is 1. The predicted molar refractivity (Wildman–Crippen MR) is 139 cm³/mol. The zero-order valence-corrected chi connectivity index (χ0v) is 19.9. The van der Waals surface area contributed by atoms with Crippen LogP contribution in [0.15, 0.2) is 108 Å². The summed E-state index contributed by atoms with van der Waals surface area (Å²) in [5.41, 5.74) is 5.02. The molecule has 1 heterocycles. The van der Waals surface area contributed by atoms with E-state index < -0.39 is 5.97 Å². The average Bonchev–Trinajstić information content (AvgIpc) is 3.25. The molecule has 2 atom stereocenters. The number of carbonyl (C=O) groups is 3. The first-order valence-corrected chi connectivity index (χ1v) is 11.7. The molecule has 1 aliphatic heterocycles. The summed E-state index contributed by atoms with van der Waals surface area (Å²) < 4.78 is 0. The van der Waals surface area contributed by atoms with Crippen LogP contribution in [-0.2, 0) is 14.4 Å². The third kappa shape index (κ3) is 4.29. The number of benzene rings is 3. The van der Waals surface area contributed by atoms with Gasteiger partial charge in [0.1, 0.15) is 5.71 Å². The topological polar surface area (TPSA) is 76.0 Å². The number of rotatable bonds is 6. The maximum atomic E-state index is 12.9. The van der Waals surface area contributed by atoms with Crippen LogP contribution in [0.2, 0.25) is 0 Å². The fraction of sp³-hybridized carbons (Fsp3) is 0.133. The molecular weight excluding hydrogens is 452 g/mol. The first-order chi connectivity index (χ1) is 17.4. The minimum absolute atomic E-state index is 0.0173. The van der Waals surface area contributed by atoms with Crippen LogP contribution >= 0.6 is 0 Å². The second-order valence-electron chi connectivity index (χ2n) is 8.76. The van der Waals surface area contributed by atoms with E-state index in [4.69, 9.17) is 0 Å². The van der Waals surface area contributed by atoms with Gasteiger partial charge in [0, 0.05) is 40.9 Å². The van der Waals surface area contributed by atoms with Crippen molar-refractivity contribution in [2.24, 2.45) is 5.16 Å². The Labute approximate surface area is 209 Å². The quantitative estimate of drug-likeness (QED) is 0.202. The lowest BCUT2D eigenvalue weighted by molar-refractivity contribution is -0.140. The summed E-state index contributed by atoms with van der Waals surface area (Å²) in [5, 5.41) is 3.64. The molecule has 5 rings (SSSR count). The van der Waals surface area contributed by atoms with Gasteiger partial charge in [-0.15, -0.1) is 0 Å². The van der Waals surface area contributed by atoms with E-state index in [-0.39, 0.29) is 29.2 Å². The lowest BCUT2D eigenvalue weighted by Crippen LogP contribution is -2.30. The largest absolute Gasteiger partial charge is 0.333 e. The number of para-hydroxylation sites is 1. The minimum Gasteiger partial charge on any atom is -0.333 e. The van der Waals surface area contributed by atoms with E-state index in [0.717, 1.165) is 16.9 Å². The van der Waals surface area contributed by atoms with Gasteiger partial charge < -0.3 is 9.74 Å². The number of fused-ring (bicyclic) bond motifs is 3. The van der Waals surface area contributed by atoms with Gasteiger partial charge >= 0.3 is 5.97 Å². The molecule has 0 saturated carbocycles. The van der Waals surface area contributed by atoms with Crippen LogP contribution in [0.3, 0.4) is 0 Å². The van der Waals surface area contributed by atoms with Gasteiger partial charge in [-0.1, -0.05) is 71.9 Å². The van der Waals surface area contributed by atoms with Crippen molar-refractivity contribution in [1.29, 1.82) is 0 Å². The summed E-state index contributed by atoms with van der Waals surface area (Å²) in [6.07, 6.45) is 5.76. The maximum Gasteiger partial charge on any atom is 0.331 e. The lowest BCUT2D eigenvalue weighted by atomic mass is 9.86. The van der Waals surface area contributed by atoms with E-state index in [0.29, 0.717) is 16.7 Å². The van der Waals surface area contributed by atoms with Crippen LogP contribution < -0.4 is 4.90 Å². The monoisotopic (exact) mass is 476 g/mol. The third-order valence-electron chi connectivity index (χ3n) is 6.40. The number of ketones is 2. The Bertz CT molecular complexity index is 1440. The molecule has 0 aromatic heterocycles. The number of hydrogen-bond acceptors (Lipinski definition) is 6. The van der Waals surface area contributed by atoms with E-state index in [2.05, 4.69) is 27.0 Å². The summed E-state index contributed by atoms with van der Waals surface area (Å²) in [6, 6.07) is 24.9. The molecule has 3 aromatic carbocycles. The summed E-state index contributed by atoms with van der Waals surface area (Å²) >= 11 is 0. The van der Waals surface area contributed by atoms with Crippen LogP contribution in [0.5, 0.6) is 0 Å². The molecule has 6 heteroatoms. The number of Topliss-reactive ketones (excluding diaryl/α,β-unsaturated/α-hetero) is 1. The normalized spacial score (nSPS) is 18.2. The van der Waals surface area contributed by atoms with Crippen LogP contribution in [0, 0.1) is 0 Å². The summed E-state index contributed by atoms with van der Waals surface area (Å²) in [4.78, 5) is 43.6. The highest BCUT2D eigenvalue weighted by molar-refractivity contribution is 6.45. The van der Waals surface area contributed by atoms with E-state index >= 15 is 0 Å². The Balaban J connectivity index is 1.44. The SMILES string of the molecule is CC(=O)O/N=C(\C)C(=O)C1=CC2c3ccccc3N(c3ccc(C(=O)c4ccccc4)cc3)C2C=C1. The van der Waals surface area contributed by atoms with Gasteiger partial charge in [0.05, 0.1) is 6.04 Å². The highest BCUT2D eigenvalue weighted by Gasteiger charge is 2.38. The van der Waals surface area contributed by atoms with Crippen molar-refractivity contribution in [3.05, 3.63) is 119 Å². The minimum atomic E-state index is -0.577. The first-order valence-electron chi connectivity index (χ1n) is 11.7. The lowest BCUT2D eigenvalue weighted by Gasteiger charge is -2.29. The average molecular weight is 477 g/mol. The number of hydrogen-bond donors (Lipinski definition) is 0. The molecule has 36 heavy (non-hydrogen) atoms. The Morgan fingerprint density at radius 1 is 0.833 bits per heavy atom. The van der Waals surface area contributed by atoms with Gasteiger partial charge in [0.25, 0.3) is 0 Å². The van der Waals surface area contributed by atoms with Crippen LogP contribution in [0.25, 0.3) is 0 Å². The van der Waals surface area contributed by atoms with Crippen molar-refractivity contribution >= 4 is 34.6 Å². The molecule has 0 spiro atoms. The van der Waals surface area contributed by atoms with Gasteiger partial charge in [-0.3, -0.25) is 9.59 Å². The van der Waals surface area contributed by atoms with E-state index in [1.807, 2.05) is 78.9 Å². The Morgan fingerprint density at radius 3 is 2.22 bits per heavy atom. The van der Waals surface area contributed by atoms with Gasteiger partial charge in [-0.25, -0.2) is 4.79 Å². The molecule has 178 valence electrons. The molecule has 6 nitrogen and oxygen atoms in total. The summed E-state index contributed by atoms with van der Waals surface area (Å²) in [7, 11) is 0. The van der Waals surface area contributed by atoms with Gasteiger partial charge in [-0.2, -0.15) is 0 Å². The molecule has 0 saturated heterocycles. The molecule has 0 bridgehead atoms. The van der Waals surface area contributed by atoms with Crippen molar-refractivity contribution < 1.29 is 19.2 Å². The fourth-order valence-corrected chi connectivity index (χ4v) is 4.71. The van der Waals surface area contributed by atoms with Gasteiger partial charge in [-0.05, 0) is 42.8 Å². The third-order valence-corrected chi connectivity index (χ3v) is 6.40. The van der Waals surface area contributed by atoms with Crippen molar-refractivity contribution in [3.8, 4) is 0 Å². The Hall–Kier alpha value is -4.58. The Kier molecular flexibility index (Phi) is 6.17. The highest BCUT2D eigenvalue weighted by Crippen LogP contribution is 2.48. The number of anilines is 2. The molecule has 0 amide bonds. The van der Waals surface area contributed by atoms with Crippen molar-refractivity contribution in [1.82, 2.24) is 0 Å². The van der Waals surface area contributed by atoms with Crippen molar-refractivity contribution in [3.63, 3.8) is 0 Å². The van der Waals surface area contributed by atoms with Crippen molar-refractivity contribution in [2.45, 2.75) is 25.8 Å². The predicted octanol–water partition coefficient (Wildman–Crippen LogP) is 5.53. The summed E-state index contributed by atoms with van der Waals surface area (Å²) in [5.74, 6) is -0.925. The van der Waals surface area contributed by atoms with Crippen molar-refractivity contribution in [2.75, 3.05) is 4.90 Å². The molecule has 1 aliphatic carbocycles. The van der Waals surface area contributed by atoms with Crippen LogP contribution in [0.1, 0.15) is 41.3 Å². The fourth-order valence-electron chi connectivity index (χ4n) is 4.71. The Morgan fingerprint density at radius 2 is 1.50 bits per heavy atom. The first kappa shape index (κ1) is 23.2.